The normalized spacial score (nSPS) is 14.0. The number of carboxylic acid groups (broad SMARTS) is 1. The number of oxazole rings is 1. The summed E-state index contributed by atoms with van der Waals surface area (Å²) in [6.45, 7) is 9.51. The highest BCUT2D eigenvalue weighted by molar-refractivity contribution is 5.91. The first-order valence-corrected chi connectivity index (χ1v) is 14.5. The molecule has 1 N–H and O–H groups in total. The second-order valence-electron chi connectivity index (χ2n) is 12.1. The number of fused-ring (bicyclic) bond motifs is 2. The van der Waals surface area contributed by atoms with Gasteiger partial charge in [-0.15, -0.1) is 0 Å². The molecule has 228 valence electrons. The Bertz CT molecular complexity index is 1890. The lowest BCUT2D eigenvalue weighted by Crippen LogP contribution is -2.28. The summed E-state index contributed by atoms with van der Waals surface area (Å²) in [5, 5.41) is 15.1. The molecule has 1 aliphatic rings. The Morgan fingerprint density at radius 3 is 2.61 bits per heavy atom. The number of carbonyl (C=O) groups is 1. The van der Waals surface area contributed by atoms with Crippen molar-refractivity contribution in [2.75, 3.05) is 6.61 Å². The Morgan fingerprint density at radius 1 is 1.16 bits per heavy atom. The van der Waals surface area contributed by atoms with Crippen LogP contribution >= 0.6 is 0 Å². The van der Waals surface area contributed by atoms with Crippen molar-refractivity contribution >= 4 is 11.5 Å². The number of rotatable bonds is 7. The van der Waals surface area contributed by atoms with E-state index in [9.17, 15) is 14.3 Å². The predicted molar refractivity (Wildman–Crippen MR) is 160 cm³/mol. The topological polar surface area (TPSA) is 99.1 Å². The minimum Gasteiger partial charge on any atom is -0.490 e. The number of aromatic nitrogens is 3. The van der Waals surface area contributed by atoms with Crippen molar-refractivity contribution in [1.82, 2.24) is 14.6 Å². The summed E-state index contributed by atoms with van der Waals surface area (Å²) in [7, 11) is 0. The SMILES string of the molecule is Cc1cn2nc(-c3ncc(Cc4ccc(F)cc4)o3)cc2c(-c2cc(F)c3c(c2C)CCCO3)c1[C@H](OC(C)(C)C)C(=O)O. The Kier molecular flexibility index (Phi) is 7.49. The van der Waals surface area contributed by atoms with Gasteiger partial charge < -0.3 is 19.0 Å². The smallest absolute Gasteiger partial charge is 0.337 e. The van der Waals surface area contributed by atoms with E-state index in [1.54, 1.807) is 62.8 Å². The molecule has 0 radical (unpaired) electrons. The molecule has 0 spiro atoms. The van der Waals surface area contributed by atoms with Gasteiger partial charge in [-0.05, 0) is 94.0 Å². The Hall–Kier alpha value is -4.57. The van der Waals surface area contributed by atoms with E-state index >= 15 is 4.39 Å². The van der Waals surface area contributed by atoms with Gasteiger partial charge in [-0.2, -0.15) is 5.10 Å². The highest BCUT2D eigenvalue weighted by atomic mass is 19.1. The molecule has 1 aliphatic heterocycles. The van der Waals surface area contributed by atoms with E-state index in [1.807, 2.05) is 6.92 Å². The van der Waals surface area contributed by atoms with Crippen molar-refractivity contribution in [3.8, 4) is 28.5 Å². The molecular formula is C34H33F2N3O5. The van der Waals surface area contributed by atoms with Crippen LogP contribution in [-0.2, 0) is 22.4 Å². The van der Waals surface area contributed by atoms with Crippen LogP contribution in [0.4, 0.5) is 8.78 Å². The van der Waals surface area contributed by atoms with Crippen LogP contribution in [0.1, 0.15) is 66.9 Å². The number of pyridine rings is 1. The third-order valence-electron chi connectivity index (χ3n) is 7.73. The van der Waals surface area contributed by atoms with E-state index in [0.717, 1.165) is 23.1 Å². The largest absolute Gasteiger partial charge is 0.490 e. The quantitative estimate of drug-likeness (QED) is 0.207. The van der Waals surface area contributed by atoms with Crippen LogP contribution in [0.15, 0.2) is 53.2 Å². The van der Waals surface area contributed by atoms with Gasteiger partial charge in [0.05, 0.1) is 23.9 Å². The zero-order valence-corrected chi connectivity index (χ0v) is 25.2. The van der Waals surface area contributed by atoms with E-state index in [0.29, 0.717) is 58.7 Å². The fraction of sp³-hybridized carbons (Fsp3) is 0.324. The van der Waals surface area contributed by atoms with Gasteiger partial charge in [-0.25, -0.2) is 23.1 Å². The third-order valence-corrected chi connectivity index (χ3v) is 7.73. The number of nitrogens with zero attached hydrogens (tertiary/aromatic N) is 3. The van der Waals surface area contributed by atoms with Crippen LogP contribution < -0.4 is 4.74 Å². The minimum absolute atomic E-state index is 0.242. The van der Waals surface area contributed by atoms with Crippen molar-refractivity contribution < 1.29 is 32.6 Å². The Balaban J connectivity index is 1.55. The van der Waals surface area contributed by atoms with Gasteiger partial charge in [-0.3, -0.25) is 0 Å². The molecule has 3 aromatic heterocycles. The zero-order valence-electron chi connectivity index (χ0n) is 25.2. The number of hydrogen-bond donors (Lipinski definition) is 1. The van der Waals surface area contributed by atoms with E-state index in [-0.39, 0.29) is 17.5 Å². The lowest BCUT2D eigenvalue weighted by atomic mass is 9.87. The van der Waals surface area contributed by atoms with Crippen molar-refractivity contribution in [2.24, 2.45) is 0 Å². The van der Waals surface area contributed by atoms with Crippen LogP contribution in [0.2, 0.25) is 0 Å². The maximum atomic E-state index is 15.6. The number of aliphatic carboxylic acids is 1. The van der Waals surface area contributed by atoms with Crippen LogP contribution in [-0.4, -0.2) is 37.9 Å². The minimum atomic E-state index is -1.34. The van der Waals surface area contributed by atoms with Crippen LogP contribution in [0.5, 0.6) is 5.75 Å². The van der Waals surface area contributed by atoms with E-state index < -0.39 is 23.5 Å². The molecule has 10 heteroatoms. The summed E-state index contributed by atoms with van der Waals surface area (Å²) in [6, 6.07) is 9.32. The van der Waals surface area contributed by atoms with Crippen LogP contribution in [0.3, 0.4) is 0 Å². The average Bonchev–Trinajstić information content (AvgIpc) is 3.61. The molecule has 0 saturated carbocycles. The lowest BCUT2D eigenvalue weighted by Gasteiger charge is -2.29. The molecule has 2 aromatic carbocycles. The Labute approximate surface area is 253 Å². The first-order valence-electron chi connectivity index (χ1n) is 14.5. The molecule has 0 amide bonds. The summed E-state index contributed by atoms with van der Waals surface area (Å²) in [6.07, 6.45) is 3.79. The van der Waals surface area contributed by atoms with Crippen LogP contribution in [0.25, 0.3) is 28.2 Å². The van der Waals surface area contributed by atoms with Crippen molar-refractivity contribution in [2.45, 2.75) is 65.6 Å². The highest BCUT2D eigenvalue weighted by Crippen LogP contribution is 2.44. The van der Waals surface area contributed by atoms with Crippen molar-refractivity contribution in [3.05, 3.63) is 94.0 Å². The number of halogens is 2. The molecule has 5 aromatic rings. The first-order chi connectivity index (χ1) is 20.9. The predicted octanol–water partition coefficient (Wildman–Crippen LogP) is 7.41. The van der Waals surface area contributed by atoms with Gasteiger partial charge >= 0.3 is 5.97 Å². The highest BCUT2D eigenvalue weighted by Gasteiger charge is 2.34. The fourth-order valence-electron chi connectivity index (χ4n) is 5.81. The Morgan fingerprint density at radius 2 is 1.91 bits per heavy atom. The number of aryl methyl sites for hydroxylation is 1. The van der Waals surface area contributed by atoms with E-state index in [4.69, 9.17) is 19.0 Å². The fourth-order valence-corrected chi connectivity index (χ4v) is 5.81. The maximum absolute atomic E-state index is 15.6. The number of benzene rings is 2. The molecule has 4 heterocycles. The van der Waals surface area contributed by atoms with Crippen LogP contribution in [0, 0.1) is 25.5 Å². The number of hydrogen-bond acceptors (Lipinski definition) is 6. The molecule has 0 aliphatic carbocycles. The summed E-state index contributed by atoms with van der Waals surface area (Å²) in [5.74, 6) is -0.914. The number of carboxylic acids is 1. The molecule has 44 heavy (non-hydrogen) atoms. The average molecular weight is 602 g/mol. The van der Waals surface area contributed by atoms with Gasteiger partial charge in [0.1, 0.15) is 17.3 Å². The molecular weight excluding hydrogens is 568 g/mol. The van der Waals surface area contributed by atoms with E-state index in [2.05, 4.69) is 4.98 Å². The second kappa shape index (κ2) is 11.2. The summed E-state index contributed by atoms with van der Waals surface area (Å²) < 4.78 is 48.4. The van der Waals surface area contributed by atoms with Gasteiger partial charge in [0, 0.05) is 29.3 Å². The molecule has 0 saturated heterocycles. The maximum Gasteiger partial charge on any atom is 0.337 e. The third kappa shape index (κ3) is 5.57. The lowest BCUT2D eigenvalue weighted by molar-refractivity contribution is -0.160. The monoisotopic (exact) mass is 601 g/mol. The summed E-state index contributed by atoms with van der Waals surface area (Å²) in [4.78, 5) is 17.2. The zero-order chi connectivity index (χ0) is 31.3. The van der Waals surface area contributed by atoms with Gasteiger partial charge in [0.2, 0.25) is 5.89 Å². The van der Waals surface area contributed by atoms with E-state index in [1.165, 1.54) is 18.2 Å². The summed E-state index contributed by atoms with van der Waals surface area (Å²) >= 11 is 0. The van der Waals surface area contributed by atoms with Crippen molar-refractivity contribution in [3.63, 3.8) is 0 Å². The molecule has 8 nitrogen and oxygen atoms in total. The second-order valence-corrected chi connectivity index (χ2v) is 12.1. The molecule has 0 bridgehead atoms. The first kappa shape index (κ1) is 29.5. The molecule has 6 rings (SSSR count). The van der Waals surface area contributed by atoms with Crippen molar-refractivity contribution in [1.29, 1.82) is 0 Å². The van der Waals surface area contributed by atoms with Gasteiger partial charge in [-0.1, -0.05) is 12.1 Å². The standard InChI is InChI=1S/C34H33F2N3O5/c1-18-17-39-27(15-26(38-39)32-37-16-22(43-32)13-20-8-10-21(35)11-9-20)29(28(18)31(33(40)41)44-34(3,4)5)24-14-25(36)30-23(19(24)2)7-6-12-42-30/h8-11,14-17,31H,6-7,12-13H2,1-5H3,(H,40,41)/t31-/m0/s1. The van der Waals surface area contributed by atoms with Gasteiger partial charge in [0.15, 0.2) is 17.7 Å². The number of ether oxygens (including phenoxy) is 2. The molecule has 0 fully saturated rings. The van der Waals surface area contributed by atoms with Gasteiger partial charge in [0.25, 0.3) is 0 Å². The summed E-state index contributed by atoms with van der Waals surface area (Å²) in [5.41, 5.74) is 4.66. The molecule has 0 unspecified atom stereocenters. The molecule has 1 atom stereocenters.